The van der Waals surface area contributed by atoms with Crippen LogP contribution >= 0.6 is 0 Å². The second-order valence-electron chi connectivity index (χ2n) is 4.21. The van der Waals surface area contributed by atoms with E-state index in [4.69, 9.17) is 0 Å². The van der Waals surface area contributed by atoms with Gasteiger partial charge in [0.2, 0.25) is 0 Å². The van der Waals surface area contributed by atoms with E-state index in [9.17, 15) is 5.11 Å². The van der Waals surface area contributed by atoms with Crippen molar-refractivity contribution in [2.24, 2.45) is 11.8 Å². The zero-order valence-electron chi connectivity index (χ0n) is 8.48. The average Bonchev–Trinajstić information content (AvgIpc) is 2.97. The molecule has 0 aromatic heterocycles. The molecular weight excluding hydrogens is 172 g/mol. The summed E-state index contributed by atoms with van der Waals surface area (Å²) < 4.78 is 0. The molecule has 0 amide bonds. The van der Waals surface area contributed by atoms with Crippen LogP contribution in [0, 0.1) is 11.8 Å². The summed E-state index contributed by atoms with van der Waals surface area (Å²) in [6, 6.07) is 9.88. The lowest BCUT2D eigenvalue weighted by molar-refractivity contribution is 0.149. The summed E-state index contributed by atoms with van der Waals surface area (Å²) in [5.74, 6) is 0.931. The quantitative estimate of drug-likeness (QED) is 0.723. The summed E-state index contributed by atoms with van der Waals surface area (Å²) in [4.78, 5) is 0. The van der Waals surface area contributed by atoms with Crippen LogP contribution in [0.4, 0.5) is 0 Å². The minimum absolute atomic E-state index is 0.308. The molecule has 0 unspecified atom stereocenters. The fourth-order valence-electron chi connectivity index (χ4n) is 2.03. The van der Waals surface area contributed by atoms with Gasteiger partial charge in [-0.1, -0.05) is 42.5 Å². The molecule has 0 radical (unpaired) electrons. The van der Waals surface area contributed by atoms with Crippen LogP contribution in [0.25, 0.3) is 0 Å². The highest BCUT2D eigenvalue weighted by atomic mass is 16.3. The van der Waals surface area contributed by atoms with Gasteiger partial charge in [0.1, 0.15) is 0 Å². The average molecular weight is 188 g/mol. The third kappa shape index (κ3) is 1.73. The Balaban J connectivity index is 2.05. The Labute approximate surface area is 85.1 Å². The van der Waals surface area contributed by atoms with Gasteiger partial charge < -0.3 is 5.11 Å². The third-order valence-corrected chi connectivity index (χ3v) is 3.02. The molecule has 0 saturated heterocycles. The van der Waals surface area contributed by atoms with Crippen molar-refractivity contribution in [3.8, 4) is 0 Å². The maximum Gasteiger partial charge on any atom is 0.0824 e. The van der Waals surface area contributed by atoms with E-state index >= 15 is 0 Å². The van der Waals surface area contributed by atoms with Crippen LogP contribution in [0.1, 0.15) is 25.0 Å². The second kappa shape index (κ2) is 3.58. The van der Waals surface area contributed by atoms with Gasteiger partial charge in [-0.25, -0.2) is 0 Å². The van der Waals surface area contributed by atoms with E-state index in [1.807, 2.05) is 37.3 Å². The molecule has 1 fully saturated rings. The molecule has 0 spiro atoms. The first-order valence-corrected chi connectivity index (χ1v) is 5.08. The summed E-state index contributed by atoms with van der Waals surface area (Å²) in [6.45, 7) is 5.98. The van der Waals surface area contributed by atoms with Gasteiger partial charge in [-0.15, -0.1) is 0 Å². The monoisotopic (exact) mass is 188 g/mol. The summed E-state index contributed by atoms with van der Waals surface area (Å²) in [6.07, 6.45) is 0.781. The number of hydrogen-bond donors (Lipinski definition) is 1. The molecule has 1 nitrogen and oxygen atoms in total. The molecule has 3 atom stereocenters. The maximum absolute atomic E-state index is 10.0. The fourth-order valence-corrected chi connectivity index (χ4v) is 2.03. The van der Waals surface area contributed by atoms with E-state index in [0.29, 0.717) is 11.8 Å². The minimum atomic E-state index is -0.308. The van der Waals surface area contributed by atoms with Gasteiger partial charge >= 0.3 is 0 Å². The zero-order valence-corrected chi connectivity index (χ0v) is 8.48. The van der Waals surface area contributed by atoms with E-state index in [2.05, 4.69) is 6.58 Å². The maximum atomic E-state index is 10.0. The number of aliphatic hydroxyl groups excluding tert-OH is 1. The highest BCUT2D eigenvalue weighted by Crippen LogP contribution is 2.50. The van der Waals surface area contributed by atoms with Crippen molar-refractivity contribution in [3.63, 3.8) is 0 Å². The van der Waals surface area contributed by atoms with Crippen LogP contribution in [0.3, 0.4) is 0 Å². The van der Waals surface area contributed by atoms with Crippen molar-refractivity contribution in [1.82, 2.24) is 0 Å². The largest absolute Gasteiger partial charge is 0.388 e. The SMILES string of the molecule is C=C(C)[C@@H]1C[C@@H]1[C@@H](O)c1ccccc1. The summed E-state index contributed by atoms with van der Waals surface area (Å²) in [7, 11) is 0. The van der Waals surface area contributed by atoms with Crippen LogP contribution in [-0.4, -0.2) is 5.11 Å². The number of aliphatic hydroxyl groups is 1. The fraction of sp³-hybridized carbons (Fsp3) is 0.385. The summed E-state index contributed by atoms with van der Waals surface area (Å²) in [5, 5.41) is 10.0. The van der Waals surface area contributed by atoms with E-state index in [0.717, 1.165) is 12.0 Å². The molecule has 1 N–H and O–H groups in total. The lowest BCUT2D eigenvalue weighted by atomic mass is 10.0. The van der Waals surface area contributed by atoms with Crippen LogP contribution in [0.2, 0.25) is 0 Å². The number of rotatable bonds is 3. The summed E-state index contributed by atoms with van der Waals surface area (Å²) in [5.41, 5.74) is 2.23. The first-order valence-electron chi connectivity index (χ1n) is 5.08. The minimum Gasteiger partial charge on any atom is -0.388 e. The number of allylic oxidation sites excluding steroid dienone is 1. The Kier molecular flexibility index (Phi) is 2.42. The van der Waals surface area contributed by atoms with Crippen molar-refractivity contribution < 1.29 is 5.11 Å². The van der Waals surface area contributed by atoms with E-state index < -0.39 is 0 Å². The molecule has 0 heterocycles. The molecular formula is C13H16O. The standard InChI is InChI=1S/C13H16O/c1-9(2)11-8-12(11)13(14)10-6-4-3-5-7-10/h3-7,11-14H,1,8H2,2H3/t11-,12-,13-/m0/s1. The molecule has 1 aliphatic carbocycles. The molecule has 14 heavy (non-hydrogen) atoms. The molecule has 1 aromatic carbocycles. The van der Waals surface area contributed by atoms with Gasteiger partial charge in [0.25, 0.3) is 0 Å². The molecule has 1 saturated carbocycles. The first-order chi connectivity index (χ1) is 6.70. The molecule has 1 heteroatoms. The Morgan fingerprint density at radius 3 is 2.57 bits per heavy atom. The Morgan fingerprint density at radius 1 is 1.43 bits per heavy atom. The van der Waals surface area contributed by atoms with Crippen molar-refractivity contribution >= 4 is 0 Å². The molecule has 1 aromatic rings. The zero-order chi connectivity index (χ0) is 10.1. The lowest BCUT2D eigenvalue weighted by Crippen LogP contribution is -2.01. The van der Waals surface area contributed by atoms with Gasteiger partial charge in [-0.3, -0.25) is 0 Å². The van der Waals surface area contributed by atoms with Crippen LogP contribution in [0.5, 0.6) is 0 Å². The second-order valence-corrected chi connectivity index (χ2v) is 4.21. The van der Waals surface area contributed by atoms with E-state index in [1.54, 1.807) is 0 Å². The van der Waals surface area contributed by atoms with Gasteiger partial charge in [0, 0.05) is 0 Å². The molecule has 2 rings (SSSR count). The van der Waals surface area contributed by atoms with Crippen molar-refractivity contribution in [3.05, 3.63) is 48.0 Å². The van der Waals surface area contributed by atoms with Crippen molar-refractivity contribution in [2.75, 3.05) is 0 Å². The highest BCUT2D eigenvalue weighted by Gasteiger charge is 2.42. The van der Waals surface area contributed by atoms with Gasteiger partial charge in [-0.2, -0.15) is 0 Å². The Morgan fingerprint density at radius 2 is 2.07 bits per heavy atom. The third-order valence-electron chi connectivity index (χ3n) is 3.02. The predicted octanol–water partition coefficient (Wildman–Crippen LogP) is 2.93. The van der Waals surface area contributed by atoms with Gasteiger partial charge in [0.05, 0.1) is 6.10 Å². The normalized spacial score (nSPS) is 27.0. The smallest absolute Gasteiger partial charge is 0.0824 e. The van der Waals surface area contributed by atoms with Gasteiger partial charge in [0.15, 0.2) is 0 Å². The number of hydrogen-bond acceptors (Lipinski definition) is 1. The first kappa shape index (κ1) is 9.47. The molecule has 0 aliphatic heterocycles. The molecule has 0 bridgehead atoms. The van der Waals surface area contributed by atoms with Crippen LogP contribution in [-0.2, 0) is 0 Å². The molecule has 1 aliphatic rings. The lowest BCUT2D eigenvalue weighted by Gasteiger charge is -2.10. The van der Waals surface area contributed by atoms with Gasteiger partial charge in [-0.05, 0) is 30.7 Å². The van der Waals surface area contributed by atoms with Crippen molar-refractivity contribution in [1.29, 1.82) is 0 Å². The Hall–Kier alpha value is -1.08. The Bertz CT molecular complexity index is 328. The van der Waals surface area contributed by atoms with Crippen LogP contribution < -0.4 is 0 Å². The van der Waals surface area contributed by atoms with Crippen LogP contribution in [0.15, 0.2) is 42.5 Å². The predicted molar refractivity (Wildman–Crippen MR) is 57.8 cm³/mol. The van der Waals surface area contributed by atoms with Crippen molar-refractivity contribution in [2.45, 2.75) is 19.4 Å². The molecule has 74 valence electrons. The number of benzene rings is 1. The summed E-state index contributed by atoms with van der Waals surface area (Å²) >= 11 is 0. The van der Waals surface area contributed by atoms with E-state index in [1.165, 1.54) is 5.57 Å². The highest BCUT2D eigenvalue weighted by molar-refractivity contribution is 5.22. The topological polar surface area (TPSA) is 20.2 Å². The van der Waals surface area contributed by atoms with E-state index in [-0.39, 0.29) is 6.10 Å².